The van der Waals surface area contributed by atoms with Crippen molar-refractivity contribution in [1.82, 2.24) is 32.4 Å². The summed E-state index contributed by atoms with van der Waals surface area (Å²) in [7, 11) is 0. The van der Waals surface area contributed by atoms with E-state index in [2.05, 4.69) is 584 Å². The summed E-state index contributed by atoms with van der Waals surface area (Å²) in [5.74, 6) is 0. The maximum atomic E-state index is 4.29. The van der Waals surface area contributed by atoms with Gasteiger partial charge in [-0.25, -0.2) is 0 Å². The Balaban J connectivity index is 0.000000108. The Hall–Kier alpha value is -19.7. The molecule has 692 valence electrons. The topological polar surface area (TPSA) is 42.5 Å². The van der Waals surface area contributed by atoms with E-state index in [1.165, 1.54) is 242 Å². The van der Waals surface area contributed by atoms with Gasteiger partial charge < -0.3 is 27.4 Å². The van der Waals surface area contributed by atoms with Crippen LogP contribution in [-0.2, 0) is 0 Å². The van der Waals surface area contributed by atoms with Crippen molar-refractivity contribution < 1.29 is 0 Å². The van der Waals surface area contributed by atoms with Crippen LogP contribution in [0.2, 0.25) is 0 Å². The Morgan fingerprint density at radius 1 is 0.108 bits per heavy atom. The quantitative estimate of drug-likeness (QED) is 0.107. The zero-order valence-electron chi connectivity index (χ0n) is 80.8. The second kappa shape index (κ2) is 36.4. The summed E-state index contributed by atoms with van der Waals surface area (Å²) in [6, 6.07) is 200. The van der Waals surface area contributed by atoms with E-state index in [0.717, 1.165) is 22.5 Å². The zero-order chi connectivity index (χ0) is 97.6. The number of nitrogens with zero attached hydrogens (tertiary/aromatic N) is 7. The number of hydrogen-bond donors (Lipinski definition) is 0. The summed E-state index contributed by atoms with van der Waals surface area (Å²) in [4.78, 5) is 4.29. The number of pyridine rings is 1. The van der Waals surface area contributed by atoms with Gasteiger partial charge in [-0.3, -0.25) is 4.98 Å². The molecule has 0 N–H and O–H groups in total. The average Bonchev–Trinajstić information content (AvgIpc) is 1.59. The highest BCUT2D eigenvalue weighted by atomic mass is 15.0. The van der Waals surface area contributed by atoms with Gasteiger partial charge in [-0.1, -0.05) is 346 Å². The molecule has 7 heterocycles. The molecule has 0 amide bonds. The van der Waals surface area contributed by atoms with E-state index in [-0.39, 0.29) is 0 Å². The van der Waals surface area contributed by atoms with E-state index in [4.69, 9.17) is 0 Å². The minimum absolute atomic E-state index is 1.13. The summed E-state index contributed by atoms with van der Waals surface area (Å²) in [6.07, 6.45) is 3.73. The van der Waals surface area contributed by atoms with Gasteiger partial charge >= 0.3 is 0 Å². The van der Waals surface area contributed by atoms with Crippen LogP contribution in [0.15, 0.2) is 564 Å². The first-order valence-electron chi connectivity index (χ1n) is 50.7. The smallest absolute Gasteiger partial charge is 0.0541 e. The zero-order valence-corrected chi connectivity index (χ0v) is 80.8. The SMILES string of the molecule is c1ccc(-c2ccc(-n3c4ccccc4c4cc(-c5ccc6c(c5)c5ccccc5n6-c5cc(-c6ccccc6)cc(-c6ccncc6)c5)ccc43)cc2)cc1.c1ccc(-c2ccc3c(c2)c2cc(-c4ccc5c(c4)c4ccccc4n5-c4cccc5ccccc45)ccc2n3-c2ccccc2)cc1.c1ccc(-c2ccc3c(c2)c2cc(-c4ccc5c(c4)c4ccccc4n5-c4ccccc4)ccc2n3-c2ccccc2)cc1. The summed E-state index contributed by atoms with van der Waals surface area (Å²) in [5, 5.41) is 17.5. The van der Waals surface area contributed by atoms with Gasteiger partial charge in [0.25, 0.3) is 0 Å². The van der Waals surface area contributed by atoms with E-state index in [1.54, 1.807) is 0 Å². The molecule has 0 atom stereocenters. The fourth-order valence-corrected chi connectivity index (χ4v) is 23.1. The molecule has 30 rings (SSSR count). The van der Waals surface area contributed by atoms with E-state index in [1.807, 2.05) is 12.4 Å². The predicted molar refractivity (Wildman–Crippen MR) is 624 cm³/mol. The molecule has 0 fully saturated rings. The van der Waals surface area contributed by atoms with Crippen molar-refractivity contribution in [2.45, 2.75) is 0 Å². The molecule has 0 aliphatic heterocycles. The van der Waals surface area contributed by atoms with Crippen LogP contribution in [0, 0.1) is 0 Å². The van der Waals surface area contributed by atoms with E-state index >= 15 is 0 Å². The Kier molecular flexibility index (Phi) is 21.2. The summed E-state index contributed by atoms with van der Waals surface area (Å²) in [6.45, 7) is 0. The van der Waals surface area contributed by atoms with Crippen molar-refractivity contribution in [2.24, 2.45) is 0 Å². The monoisotopic (exact) mass is 1880 g/mol. The maximum absolute atomic E-state index is 4.29. The average molecular weight is 1890 g/mol. The molecule has 0 spiro atoms. The Morgan fingerprint density at radius 3 is 0.649 bits per heavy atom. The molecule has 7 heteroatoms. The standard InChI is InChI=1S/C53H35N3.C46H30N2.C42H28N2/c1-3-11-36(12-4-1)38-19-23-44(24-20-38)55-50-17-9-7-15-46(50)48-34-40(21-25-52(48)55)41-22-26-53-49(35-41)47-16-8-10-18-51(47)56(53)45-32-42(37-13-5-2-6-14-37)31-43(33-45)39-27-29-54-30-28-39;1-3-12-31(13-4-1)33-22-25-44-40(28-33)41-30-35(23-26-45(41)47(44)36-16-5-2-6-17-36)34-24-27-46-39(29-34)38-19-9-10-20-43(38)48(46)42-21-11-15-32-14-7-8-18-37(32)42;1-4-12-29(13-5-1)30-20-23-41-37(26-30)38-28-32(22-25-42(38)44(41)34-16-8-3-9-17-34)31-21-24-40-36(27-31)35-18-10-11-19-39(35)43(40)33-14-6-2-7-15-33/h1-35H;1-30H;1-28H. The van der Waals surface area contributed by atoms with Gasteiger partial charge in [0.15, 0.2) is 0 Å². The lowest BCUT2D eigenvalue weighted by atomic mass is 9.98. The van der Waals surface area contributed by atoms with Crippen LogP contribution in [0.25, 0.3) is 265 Å². The summed E-state index contributed by atoms with van der Waals surface area (Å²) >= 11 is 0. The van der Waals surface area contributed by atoms with E-state index in [0.29, 0.717) is 0 Å². The normalized spacial score (nSPS) is 11.6. The van der Waals surface area contributed by atoms with Gasteiger partial charge in [-0.05, 0) is 301 Å². The minimum Gasteiger partial charge on any atom is -0.309 e. The molecule has 0 unspecified atom stereocenters. The molecule has 23 aromatic carbocycles. The largest absolute Gasteiger partial charge is 0.309 e. The van der Waals surface area contributed by atoms with Gasteiger partial charge in [0.1, 0.15) is 0 Å². The molecule has 30 aromatic rings. The molecule has 0 radical (unpaired) electrons. The van der Waals surface area contributed by atoms with Crippen LogP contribution >= 0.6 is 0 Å². The molecule has 0 bridgehead atoms. The highest BCUT2D eigenvalue weighted by Crippen LogP contribution is 2.47. The first-order valence-corrected chi connectivity index (χ1v) is 50.7. The number of fused-ring (bicyclic) bond motifs is 19. The molecule has 0 aliphatic carbocycles. The van der Waals surface area contributed by atoms with Gasteiger partial charge in [0, 0.05) is 111 Å². The van der Waals surface area contributed by atoms with Gasteiger partial charge in [-0.15, -0.1) is 0 Å². The van der Waals surface area contributed by atoms with Gasteiger partial charge in [0.2, 0.25) is 0 Å². The molecule has 0 saturated carbocycles. The molecule has 0 aliphatic rings. The Labute approximate surface area is 855 Å². The van der Waals surface area contributed by atoms with Crippen LogP contribution in [0.3, 0.4) is 0 Å². The van der Waals surface area contributed by atoms with Crippen LogP contribution in [0.4, 0.5) is 0 Å². The second-order valence-electron chi connectivity index (χ2n) is 38.5. The fraction of sp³-hybridized carbons (Fsp3) is 0. The third-order valence-electron chi connectivity index (χ3n) is 30.0. The third kappa shape index (κ3) is 15.0. The van der Waals surface area contributed by atoms with Gasteiger partial charge in [-0.2, -0.15) is 0 Å². The number of benzene rings is 23. The van der Waals surface area contributed by atoms with Crippen molar-refractivity contribution in [3.8, 4) is 123 Å². The maximum Gasteiger partial charge on any atom is 0.0541 e. The predicted octanol–water partition coefficient (Wildman–Crippen LogP) is 37.5. The highest BCUT2D eigenvalue weighted by Gasteiger charge is 2.25. The van der Waals surface area contributed by atoms with Crippen molar-refractivity contribution >= 4 is 142 Å². The lowest BCUT2D eigenvalue weighted by Crippen LogP contribution is -1.96. The fourth-order valence-electron chi connectivity index (χ4n) is 23.1. The minimum atomic E-state index is 1.13. The van der Waals surface area contributed by atoms with Crippen molar-refractivity contribution in [3.05, 3.63) is 564 Å². The van der Waals surface area contributed by atoms with E-state index < -0.39 is 0 Å². The summed E-state index contributed by atoms with van der Waals surface area (Å²) < 4.78 is 14.4. The first kappa shape index (κ1) is 86.2. The Bertz CT molecular complexity index is 10300. The second-order valence-corrected chi connectivity index (χ2v) is 38.5. The van der Waals surface area contributed by atoms with Crippen LogP contribution in [-0.4, -0.2) is 32.4 Å². The van der Waals surface area contributed by atoms with Crippen molar-refractivity contribution in [3.63, 3.8) is 0 Å². The molecular formula is C141H93N7. The third-order valence-corrected chi connectivity index (χ3v) is 30.0. The summed E-state index contributed by atoms with van der Waals surface area (Å²) in [5.41, 5.74) is 40.7. The van der Waals surface area contributed by atoms with E-state index in [9.17, 15) is 0 Å². The number of para-hydroxylation sites is 7. The van der Waals surface area contributed by atoms with Crippen molar-refractivity contribution in [1.29, 1.82) is 0 Å². The lowest BCUT2D eigenvalue weighted by molar-refractivity contribution is 1.18. The van der Waals surface area contributed by atoms with Crippen LogP contribution in [0.1, 0.15) is 0 Å². The number of rotatable bonds is 14. The van der Waals surface area contributed by atoms with Gasteiger partial charge in [0.05, 0.1) is 71.9 Å². The van der Waals surface area contributed by atoms with Crippen molar-refractivity contribution in [2.75, 3.05) is 0 Å². The molecule has 0 saturated heterocycles. The Morgan fingerprint density at radius 2 is 0.318 bits per heavy atom. The number of hydrogen-bond acceptors (Lipinski definition) is 1. The molecule has 7 aromatic heterocycles. The molecular weight excluding hydrogens is 1790 g/mol. The highest BCUT2D eigenvalue weighted by molar-refractivity contribution is 6.18. The molecule has 7 nitrogen and oxygen atoms in total. The lowest BCUT2D eigenvalue weighted by Gasteiger charge is -2.14. The first-order chi connectivity index (χ1) is 73.4. The molecule has 148 heavy (non-hydrogen) atoms. The van der Waals surface area contributed by atoms with Crippen LogP contribution in [0.5, 0.6) is 0 Å². The van der Waals surface area contributed by atoms with Crippen LogP contribution < -0.4 is 0 Å². The number of aromatic nitrogens is 7.